The molecule has 1 N–H and O–H groups in total. The van der Waals surface area contributed by atoms with E-state index in [4.69, 9.17) is 9.47 Å². The van der Waals surface area contributed by atoms with Gasteiger partial charge in [-0.05, 0) is 71.3 Å². The average Bonchev–Trinajstić information content (AvgIpc) is 2.97. The smallest absolute Gasteiger partial charge is 0.226 e. The van der Waals surface area contributed by atoms with Crippen LogP contribution in [0.2, 0.25) is 0 Å². The summed E-state index contributed by atoms with van der Waals surface area (Å²) in [6, 6.07) is 0. The third kappa shape index (κ3) is 27.9. The Hall–Kier alpha value is -0.680. The Morgan fingerprint density at radius 2 is 0.829 bits per heavy atom. The average molecular weight is 580 g/mol. The van der Waals surface area contributed by atoms with Crippen molar-refractivity contribution in [2.24, 2.45) is 0 Å². The van der Waals surface area contributed by atoms with Gasteiger partial charge in [0.15, 0.2) is 0 Å². The van der Waals surface area contributed by atoms with Crippen molar-refractivity contribution in [3.8, 4) is 0 Å². The van der Waals surface area contributed by atoms with Crippen molar-refractivity contribution in [3.05, 3.63) is 24.3 Å². The molecule has 0 heterocycles. The molecule has 4 nitrogen and oxygen atoms in total. The number of hydrogen-bond acceptors (Lipinski definition) is 4. The van der Waals surface area contributed by atoms with Crippen LogP contribution >= 0.6 is 0 Å². The zero-order valence-corrected chi connectivity index (χ0v) is 28.3. The minimum atomic E-state index is -0.755. The summed E-state index contributed by atoms with van der Waals surface area (Å²) in [5.74, 6) is -0.755. The molecule has 0 unspecified atom stereocenters. The Morgan fingerprint density at radius 1 is 0.512 bits per heavy atom. The van der Waals surface area contributed by atoms with E-state index in [9.17, 15) is 5.11 Å². The third-order valence-electron chi connectivity index (χ3n) is 8.18. The summed E-state index contributed by atoms with van der Waals surface area (Å²) in [7, 11) is 1.98. The molecule has 0 aromatic rings. The fraction of sp³-hybridized carbons (Fsp3) is 0.892. The second kappa shape index (κ2) is 32.2. The maximum absolute atomic E-state index is 9.45. The van der Waals surface area contributed by atoms with Gasteiger partial charge in [-0.2, -0.15) is 0 Å². The summed E-state index contributed by atoms with van der Waals surface area (Å²) in [5.41, 5.74) is 0. The molecule has 0 aliphatic rings. The first kappa shape index (κ1) is 40.3. The van der Waals surface area contributed by atoms with Gasteiger partial charge in [0, 0.05) is 13.5 Å². The van der Waals surface area contributed by atoms with E-state index in [1.807, 2.05) is 18.9 Å². The molecule has 0 radical (unpaired) electrons. The lowest BCUT2D eigenvalue weighted by Gasteiger charge is -2.38. The lowest BCUT2D eigenvalue weighted by molar-refractivity contribution is -0.303. The molecule has 0 spiro atoms. The van der Waals surface area contributed by atoms with Crippen LogP contribution in [0.3, 0.4) is 0 Å². The largest absolute Gasteiger partial charge is 0.395 e. The van der Waals surface area contributed by atoms with Gasteiger partial charge < -0.3 is 14.6 Å². The van der Waals surface area contributed by atoms with E-state index in [1.165, 1.54) is 141 Å². The number of unbranched alkanes of at least 4 members (excludes halogenated alkanes) is 20. The summed E-state index contributed by atoms with van der Waals surface area (Å²) in [4.78, 5) is 2.00. The Labute approximate surface area is 257 Å². The quantitative estimate of drug-likeness (QED) is 0.0477. The zero-order valence-electron chi connectivity index (χ0n) is 28.3. The van der Waals surface area contributed by atoms with Gasteiger partial charge in [-0.25, -0.2) is 0 Å². The maximum atomic E-state index is 9.45. The number of aliphatic hydroxyl groups excluding tert-OH is 1. The van der Waals surface area contributed by atoms with E-state index in [-0.39, 0.29) is 6.61 Å². The van der Waals surface area contributed by atoms with Crippen molar-refractivity contribution >= 4 is 0 Å². The fourth-order valence-corrected chi connectivity index (χ4v) is 5.13. The molecule has 0 saturated carbocycles. The number of likely N-dealkylation sites (N-methyl/N-ethyl adjacent to an activating group) is 1. The van der Waals surface area contributed by atoms with E-state index in [1.54, 1.807) is 0 Å². The number of ether oxygens (including phenoxy) is 2. The van der Waals surface area contributed by atoms with Crippen LogP contribution in [0.15, 0.2) is 24.3 Å². The van der Waals surface area contributed by atoms with Gasteiger partial charge in [-0.3, -0.25) is 4.90 Å². The number of hydrogen-bond donors (Lipinski definition) is 1. The molecule has 0 aliphatic heterocycles. The van der Waals surface area contributed by atoms with E-state index in [0.717, 1.165) is 12.8 Å². The van der Waals surface area contributed by atoms with Gasteiger partial charge in [-0.1, -0.05) is 128 Å². The van der Waals surface area contributed by atoms with Crippen molar-refractivity contribution < 1.29 is 14.6 Å². The number of allylic oxidation sites excluding steroid dienone is 4. The molecular formula is C37H73NO3. The minimum absolute atomic E-state index is 0.112. The van der Waals surface area contributed by atoms with Crippen molar-refractivity contribution in [1.29, 1.82) is 0 Å². The second-order valence-electron chi connectivity index (χ2n) is 12.2. The van der Waals surface area contributed by atoms with Gasteiger partial charge in [-0.15, -0.1) is 0 Å². The predicted octanol–water partition coefficient (Wildman–Crippen LogP) is 11.1. The second-order valence-corrected chi connectivity index (χ2v) is 12.2. The van der Waals surface area contributed by atoms with Crippen LogP contribution in [0, 0.1) is 0 Å². The van der Waals surface area contributed by atoms with Crippen molar-refractivity contribution in [2.45, 2.75) is 181 Å². The monoisotopic (exact) mass is 580 g/mol. The van der Waals surface area contributed by atoms with Gasteiger partial charge in [0.05, 0.1) is 19.8 Å². The standard InChI is InChI=1S/C37H73NO3/c1-5-7-9-11-13-15-17-19-21-23-25-27-29-31-35-40-37(3,38(4)33-34-39)41-36-32-30-28-26-24-22-20-18-16-14-12-10-8-6-2/h15-18,39H,5-14,19-36H2,1-4H3/b17-15-,18-16-. The number of aliphatic hydroxyl groups is 1. The lowest BCUT2D eigenvalue weighted by atomic mass is 10.1. The van der Waals surface area contributed by atoms with Crippen molar-refractivity contribution in [1.82, 2.24) is 4.90 Å². The van der Waals surface area contributed by atoms with Crippen LogP contribution < -0.4 is 0 Å². The van der Waals surface area contributed by atoms with Crippen molar-refractivity contribution in [2.75, 3.05) is 33.4 Å². The summed E-state index contributed by atoms with van der Waals surface area (Å²) in [6.45, 7) is 8.64. The molecule has 0 rings (SSSR count). The Kier molecular flexibility index (Phi) is 31.7. The van der Waals surface area contributed by atoms with E-state index < -0.39 is 5.91 Å². The summed E-state index contributed by atoms with van der Waals surface area (Å²) in [6.07, 6.45) is 40.4. The molecule has 0 saturated heterocycles. The van der Waals surface area contributed by atoms with E-state index in [2.05, 4.69) is 38.2 Å². The van der Waals surface area contributed by atoms with Gasteiger partial charge in [0.1, 0.15) is 0 Å². The SMILES string of the molecule is CCCCCC/C=C\CCCCCCCCOC(C)(OCCCCCCCC/C=C\CCCCCC)N(C)CCO. The van der Waals surface area contributed by atoms with Gasteiger partial charge >= 0.3 is 0 Å². The highest BCUT2D eigenvalue weighted by atomic mass is 16.7. The number of rotatable bonds is 33. The molecular weight excluding hydrogens is 506 g/mol. The topological polar surface area (TPSA) is 41.9 Å². The molecule has 41 heavy (non-hydrogen) atoms. The molecule has 0 fully saturated rings. The molecule has 244 valence electrons. The highest BCUT2D eigenvalue weighted by Crippen LogP contribution is 2.20. The highest BCUT2D eigenvalue weighted by Gasteiger charge is 2.30. The molecule has 0 amide bonds. The lowest BCUT2D eigenvalue weighted by Crippen LogP contribution is -2.50. The molecule has 0 aliphatic carbocycles. The normalized spacial score (nSPS) is 12.5. The fourth-order valence-electron chi connectivity index (χ4n) is 5.13. The van der Waals surface area contributed by atoms with Crippen LogP contribution in [-0.4, -0.2) is 49.3 Å². The summed E-state index contributed by atoms with van der Waals surface area (Å²) in [5, 5.41) is 9.45. The van der Waals surface area contributed by atoms with Gasteiger partial charge in [0.2, 0.25) is 5.91 Å². The van der Waals surface area contributed by atoms with E-state index in [0.29, 0.717) is 19.8 Å². The van der Waals surface area contributed by atoms with Crippen LogP contribution in [0.25, 0.3) is 0 Å². The maximum Gasteiger partial charge on any atom is 0.226 e. The molecule has 4 heteroatoms. The Morgan fingerprint density at radius 3 is 1.17 bits per heavy atom. The van der Waals surface area contributed by atoms with Crippen LogP contribution in [0.4, 0.5) is 0 Å². The van der Waals surface area contributed by atoms with Crippen LogP contribution in [-0.2, 0) is 9.47 Å². The first-order chi connectivity index (χ1) is 20.1. The highest BCUT2D eigenvalue weighted by molar-refractivity contribution is 4.82. The molecule has 0 bridgehead atoms. The molecule has 0 atom stereocenters. The number of nitrogens with zero attached hydrogens (tertiary/aromatic N) is 1. The molecule has 0 aromatic carbocycles. The van der Waals surface area contributed by atoms with Crippen LogP contribution in [0.1, 0.15) is 175 Å². The summed E-state index contributed by atoms with van der Waals surface area (Å²) >= 11 is 0. The zero-order chi connectivity index (χ0) is 30.1. The minimum Gasteiger partial charge on any atom is -0.395 e. The van der Waals surface area contributed by atoms with Crippen LogP contribution in [0.5, 0.6) is 0 Å². The third-order valence-corrected chi connectivity index (χ3v) is 8.18. The predicted molar refractivity (Wildman–Crippen MR) is 180 cm³/mol. The first-order valence-corrected chi connectivity index (χ1v) is 18.0. The van der Waals surface area contributed by atoms with Crippen molar-refractivity contribution in [3.63, 3.8) is 0 Å². The molecule has 0 aromatic heterocycles. The Balaban J connectivity index is 3.82. The van der Waals surface area contributed by atoms with E-state index >= 15 is 0 Å². The Bertz CT molecular complexity index is 522. The first-order valence-electron chi connectivity index (χ1n) is 18.0. The summed E-state index contributed by atoms with van der Waals surface area (Å²) < 4.78 is 12.5. The van der Waals surface area contributed by atoms with Gasteiger partial charge in [0.25, 0.3) is 0 Å².